The van der Waals surface area contributed by atoms with Crippen LogP contribution in [0.5, 0.6) is 0 Å². The maximum Gasteiger partial charge on any atom is 0.190 e. The second-order valence-corrected chi connectivity index (χ2v) is 24.6. The summed E-state index contributed by atoms with van der Waals surface area (Å²) in [7, 11) is 3.55. The number of allylic oxidation sites excluding steroid dienone is 2. The fourth-order valence-electron chi connectivity index (χ4n) is 15.1. The van der Waals surface area contributed by atoms with E-state index in [1.807, 2.05) is 30.2 Å². The number of aromatic nitrogens is 2. The van der Waals surface area contributed by atoms with E-state index in [2.05, 4.69) is 41.8 Å². The minimum atomic E-state index is -1.60. The van der Waals surface area contributed by atoms with Gasteiger partial charge in [-0.2, -0.15) is 0 Å². The number of nitrogens with two attached hydrogens (primary N) is 1. The molecule has 62 heavy (non-hydrogen) atoms. The molecule has 1 aliphatic heterocycles. The van der Waals surface area contributed by atoms with Gasteiger partial charge in [0, 0.05) is 53.7 Å². The van der Waals surface area contributed by atoms with Crippen LogP contribution in [-0.4, -0.2) is 107 Å². The molecule has 2 heterocycles. The molecule has 14 atom stereocenters. The highest BCUT2D eigenvalue weighted by Gasteiger charge is 2.73. The van der Waals surface area contributed by atoms with E-state index in [0.29, 0.717) is 36.0 Å². The molecule has 346 valence electrons. The average Bonchev–Trinajstić information content (AvgIpc) is 3.97. The Labute approximate surface area is 376 Å². The zero-order chi connectivity index (χ0) is 44.4. The van der Waals surface area contributed by atoms with E-state index in [1.54, 1.807) is 23.8 Å². The molecule has 1 aromatic rings. The number of fused-ring (bicyclic) bond motifs is 9. The van der Waals surface area contributed by atoms with Crippen molar-refractivity contribution in [2.45, 2.75) is 161 Å². The molecular weight excluding hydrogens is 823 g/mol. The van der Waals surface area contributed by atoms with Gasteiger partial charge in [-0.3, -0.25) is 9.79 Å². The topological polar surface area (TPSA) is 207 Å². The van der Waals surface area contributed by atoms with E-state index in [4.69, 9.17) is 10.7 Å². The summed E-state index contributed by atoms with van der Waals surface area (Å²) in [6.45, 7) is 10.3. The van der Waals surface area contributed by atoms with E-state index >= 15 is 0 Å². The number of aliphatic imine (C=N–C) groups is 1. The molecule has 8 rings (SSSR count). The predicted octanol–water partition coefficient (Wildman–Crippen LogP) is 5.93. The van der Waals surface area contributed by atoms with E-state index in [-0.39, 0.29) is 72.9 Å². The van der Waals surface area contributed by atoms with Crippen LogP contribution < -0.4 is 11.1 Å². The van der Waals surface area contributed by atoms with Crippen LogP contribution in [0.1, 0.15) is 131 Å². The minimum Gasteiger partial charge on any atom is -0.396 e. The van der Waals surface area contributed by atoms with Gasteiger partial charge in [0.05, 0.1) is 36.8 Å². The van der Waals surface area contributed by atoms with Crippen LogP contribution in [0.15, 0.2) is 46.5 Å². The molecule has 6 aliphatic carbocycles. The highest BCUT2D eigenvalue weighted by Crippen LogP contribution is 2.72. The van der Waals surface area contributed by atoms with Gasteiger partial charge in [-0.25, -0.2) is 4.98 Å². The van der Waals surface area contributed by atoms with Gasteiger partial charge in [-0.05, 0) is 136 Å². The van der Waals surface area contributed by atoms with Crippen molar-refractivity contribution in [1.29, 1.82) is 0 Å². The number of hydrogen-bond acceptors (Lipinski definition) is 11. The molecule has 2 bridgehead atoms. The lowest BCUT2D eigenvalue weighted by molar-refractivity contribution is -0.182. The predicted molar refractivity (Wildman–Crippen MR) is 246 cm³/mol. The number of nitrogens with zero attached hydrogens (tertiary/aromatic N) is 3. The quantitative estimate of drug-likeness (QED) is 0.0570. The number of aliphatic hydroxyl groups excluding tert-OH is 5. The first-order valence-corrected chi connectivity index (χ1v) is 26.2. The number of ketones is 1. The second kappa shape index (κ2) is 17.7. The molecule has 5 saturated carbocycles. The molecule has 1 spiro atoms. The van der Waals surface area contributed by atoms with E-state index in [1.165, 1.54) is 49.7 Å². The Morgan fingerprint density at radius 2 is 1.76 bits per heavy atom. The Morgan fingerprint density at radius 1 is 1.03 bits per heavy atom. The van der Waals surface area contributed by atoms with Crippen molar-refractivity contribution in [3.8, 4) is 0 Å². The Balaban J connectivity index is 1.25. The largest absolute Gasteiger partial charge is 0.396 e. The van der Waals surface area contributed by atoms with Gasteiger partial charge in [0.1, 0.15) is 6.23 Å². The lowest BCUT2D eigenvalue weighted by Gasteiger charge is -2.63. The number of rotatable bonds is 5. The molecule has 1 saturated heterocycles. The number of nitrogens with one attached hydrogen (secondary N) is 1. The summed E-state index contributed by atoms with van der Waals surface area (Å²) in [5, 5.41) is 73.9. The van der Waals surface area contributed by atoms with Crippen molar-refractivity contribution >= 4 is 33.3 Å². The Kier molecular flexibility index (Phi) is 13.3. The summed E-state index contributed by atoms with van der Waals surface area (Å²) >= 11 is 0. The van der Waals surface area contributed by atoms with E-state index in [0.717, 1.165) is 25.0 Å². The molecule has 1 aromatic heterocycles. The fourth-order valence-corrected chi connectivity index (χ4v) is 17.8. The monoisotopic (exact) mass is 898 g/mol. The van der Waals surface area contributed by atoms with Crippen LogP contribution >= 0.6 is 21.6 Å². The summed E-state index contributed by atoms with van der Waals surface area (Å²) in [5.74, 6) is -0.958. The molecule has 14 unspecified atom stereocenters. The third-order valence-electron chi connectivity index (χ3n) is 18.0. The lowest BCUT2D eigenvalue weighted by Crippen LogP contribution is -2.67. The number of guanidine groups is 1. The molecular formula is C48H75N5O7S2. The van der Waals surface area contributed by atoms with Gasteiger partial charge in [-0.1, -0.05) is 73.3 Å². The van der Waals surface area contributed by atoms with Crippen LogP contribution in [0.3, 0.4) is 0 Å². The summed E-state index contributed by atoms with van der Waals surface area (Å²) in [5.41, 5.74) is 6.40. The van der Waals surface area contributed by atoms with Crippen LogP contribution in [0.2, 0.25) is 0 Å². The standard InChI is InChI=1S/C48H75N5O7S2/c1-28-34-15-32(24-61-62-25-33(53-14-13-50-27-53)21-44(3,4)35(16-38(28)56)30-9-8-12-46(19-30)10-6-7-11-46)48(60)37-18-39(57)36-17-40(58)41(59)22-45(36,5)42(37)31(20-47(34,48)26-54)23-51-43(49)52-29(2)55/h13-14,18,27-29,31-34,36,38,40-42,54-56,58-60H,6-12,15-17,19-26H2,1-5H3,(H3,49,51,52). The van der Waals surface area contributed by atoms with Crippen molar-refractivity contribution in [1.82, 2.24) is 14.9 Å². The van der Waals surface area contributed by atoms with Crippen LogP contribution in [0.4, 0.5) is 0 Å². The summed E-state index contributed by atoms with van der Waals surface area (Å²) in [6, 6.07) is 0.151. The minimum absolute atomic E-state index is 0.0694. The van der Waals surface area contributed by atoms with Gasteiger partial charge in [0.2, 0.25) is 0 Å². The molecule has 12 nitrogen and oxygen atoms in total. The van der Waals surface area contributed by atoms with Crippen molar-refractivity contribution in [2.24, 2.45) is 67.9 Å². The van der Waals surface area contributed by atoms with Gasteiger partial charge >= 0.3 is 0 Å². The second-order valence-electron chi connectivity index (χ2n) is 22.0. The maximum absolute atomic E-state index is 14.5. The SMILES string of the molecule is CC(O)NC(N)=NCC1CC2(CO)C3CC(CSSCC(n4ccnc4)CC(C)(C)C(=C4CCCC5(CCCC5)C4)CC(O)C3C)C2(O)C2=CC(=O)C3CC(O)C(O)CC3(C)C21. The first-order valence-electron chi connectivity index (χ1n) is 23.7. The van der Waals surface area contributed by atoms with Gasteiger partial charge in [0.15, 0.2) is 11.7 Å². The third kappa shape index (κ3) is 8.08. The normalized spacial score (nSPS) is 44.1. The fraction of sp³-hybridized carbons (Fsp3) is 0.812. The number of imidazole rings is 1. The molecule has 0 aromatic carbocycles. The van der Waals surface area contributed by atoms with Crippen molar-refractivity contribution in [2.75, 3.05) is 24.7 Å². The number of carbonyl (C=O) groups excluding carboxylic acids is 1. The van der Waals surface area contributed by atoms with Gasteiger partial charge < -0.3 is 46.3 Å². The highest BCUT2D eigenvalue weighted by atomic mass is 33.1. The van der Waals surface area contributed by atoms with Crippen LogP contribution in [0, 0.1) is 57.2 Å². The smallest absolute Gasteiger partial charge is 0.190 e. The first-order chi connectivity index (χ1) is 29.4. The summed E-state index contributed by atoms with van der Waals surface area (Å²) in [6.07, 6.45) is 16.1. The summed E-state index contributed by atoms with van der Waals surface area (Å²) < 4.78 is 2.24. The number of hydrogen-bond donors (Lipinski definition) is 8. The highest BCUT2D eigenvalue weighted by molar-refractivity contribution is 8.76. The Bertz CT molecular complexity index is 1880. The van der Waals surface area contributed by atoms with Crippen molar-refractivity contribution in [3.63, 3.8) is 0 Å². The molecule has 9 N–H and O–H groups in total. The summed E-state index contributed by atoms with van der Waals surface area (Å²) in [4.78, 5) is 23.7. The van der Waals surface area contributed by atoms with Crippen molar-refractivity contribution in [3.05, 3.63) is 41.5 Å². The van der Waals surface area contributed by atoms with Gasteiger partial charge in [-0.15, -0.1) is 0 Å². The van der Waals surface area contributed by atoms with E-state index < -0.39 is 52.8 Å². The van der Waals surface area contributed by atoms with E-state index in [9.17, 15) is 35.4 Å². The third-order valence-corrected chi connectivity index (χ3v) is 20.5. The number of carbonyl (C=O) groups is 1. The average molecular weight is 898 g/mol. The Hall–Kier alpha value is -1.91. The Morgan fingerprint density at radius 3 is 2.45 bits per heavy atom. The lowest BCUT2D eigenvalue weighted by atomic mass is 9.42. The zero-order valence-electron chi connectivity index (χ0n) is 37.7. The number of aliphatic hydroxyl groups is 6. The molecule has 6 fully saturated rings. The molecule has 0 radical (unpaired) electrons. The van der Waals surface area contributed by atoms with Crippen LogP contribution in [0.25, 0.3) is 0 Å². The van der Waals surface area contributed by atoms with Crippen molar-refractivity contribution < 1.29 is 35.4 Å². The first kappa shape index (κ1) is 46.6. The van der Waals surface area contributed by atoms with Gasteiger partial charge in [0.25, 0.3) is 0 Å². The van der Waals surface area contributed by atoms with Crippen LogP contribution in [-0.2, 0) is 4.79 Å². The maximum atomic E-state index is 14.5. The zero-order valence-corrected chi connectivity index (χ0v) is 39.3. The molecule has 7 aliphatic rings. The molecule has 14 heteroatoms. The molecule has 0 amide bonds.